The minimum absolute atomic E-state index is 0.146. The first kappa shape index (κ1) is 25.4. The van der Waals surface area contributed by atoms with E-state index in [1.165, 1.54) is 10.2 Å². The first-order valence-electron chi connectivity index (χ1n) is 12.5. The van der Waals surface area contributed by atoms with Crippen molar-refractivity contribution in [3.8, 4) is 11.4 Å². The zero-order valence-corrected chi connectivity index (χ0v) is 21.5. The van der Waals surface area contributed by atoms with Crippen molar-refractivity contribution >= 4 is 17.5 Å². The van der Waals surface area contributed by atoms with Gasteiger partial charge in [-0.3, -0.25) is 9.59 Å². The normalized spacial score (nSPS) is 14.1. The van der Waals surface area contributed by atoms with Gasteiger partial charge in [0.15, 0.2) is 5.69 Å². The predicted octanol–water partition coefficient (Wildman–Crippen LogP) is 4.02. The average molecular weight is 490 g/mol. The molecular formula is C28H35N5O3. The molecule has 1 aliphatic heterocycles. The molecule has 0 saturated carbocycles. The van der Waals surface area contributed by atoms with Crippen LogP contribution in [-0.2, 0) is 6.42 Å². The predicted molar refractivity (Wildman–Crippen MR) is 141 cm³/mol. The maximum atomic E-state index is 13.7. The van der Waals surface area contributed by atoms with E-state index in [-0.39, 0.29) is 11.6 Å². The molecule has 0 aliphatic carbocycles. The highest BCUT2D eigenvalue weighted by atomic mass is 16.5. The standard InChI is InChI=1S/C28H35N5O3/c1-5-19(7-6-17-31(2)3)20-8-10-21(11-9-20)32-18-16-24-25(27(29)34)30-33(26(24)28(32)35)22-12-14-23(36-4)15-13-22/h8-15,19H,5-7,16-18H2,1-4H3,(H2,29,34). The molecule has 1 unspecified atom stereocenters. The Labute approximate surface area is 212 Å². The van der Waals surface area contributed by atoms with Gasteiger partial charge in [-0.15, -0.1) is 0 Å². The molecule has 0 fully saturated rings. The molecule has 4 rings (SSSR count). The van der Waals surface area contributed by atoms with Gasteiger partial charge in [-0.25, -0.2) is 4.68 Å². The number of ether oxygens (including phenoxy) is 1. The molecule has 0 radical (unpaired) electrons. The number of fused-ring (bicyclic) bond motifs is 1. The maximum absolute atomic E-state index is 13.7. The molecule has 8 nitrogen and oxygen atoms in total. The highest BCUT2D eigenvalue weighted by Crippen LogP contribution is 2.31. The van der Waals surface area contributed by atoms with Crippen LogP contribution >= 0.6 is 0 Å². The number of nitrogens with two attached hydrogens (primary N) is 1. The number of rotatable bonds is 10. The van der Waals surface area contributed by atoms with Crippen LogP contribution in [0.4, 0.5) is 5.69 Å². The number of hydrogen-bond acceptors (Lipinski definition) is 5. The number of anilines is 1. The van der Waals surface area contributed by atoms with Gasteiger partial charge in [0.1, 0.15) is 11.4 Å². The van der Waals surface area contributed by atoms with Gasteiger partial charge in [-0.1, -0.05) is 19.1 Å². The fraction of sp³-hybridized carbons (Fsp3) is 0.393. The van der Waals surface area contributed by atoms with Gasteiger partial charge in [-0.05, 0) is 94.2 Å². The molecule has 2 aromatic carbocycles. The lowest BCUT2D eigenvalue weighted by molar-refractivity contribution is 0.0972. The van der Waals surface area contributed by atoms with Crippen molar-refractivity contribution in [3.63, 3.8) is 0 Å². The van der Waals surface area contributed by atoms with Gasteiger partial charge in [-0.2, -0.15) is 5.10 Å². The second-order valence-electron chi connectivity index (χ2n) is 9.50. The lowest BCUT2D eigenvalue weighted by Crippen LogP contribution is -2.39. The second kappa shape index (κ2) is 11.0. The topological polar surface area (TPSA) is 93.7 Å². The Balaban J connectivity index is 1.62. The van der Waals surface area contributed by atoms with E-state index >= 15 is 0 Å². The Morgan fingerprint density at radius 3 is 2.36 bits per heavy atom. The number of hydrogen-bond donors (Lipinski definition) is 1. The molecule has 0 spiro atoms. The number of carbonyl (C=O) groups excluding carboxylic acids is 2. The third-order valence-electron chi connectivity index (χ3n) is 6.89. The summed E-state index contributed by atoms with van der Waals surface area (Å²) in [5, 5.41) is 4.44. The molecule has 0 saturated heterocycles. The van der Waals surface area contributed by atoms with Crippen LogP contribution in [0.15, 0.2) is 48.5 Å². The largest absolute Gasteiger partial charge is 0.497 e. The number of amides is 2. The van der Waals surface area contributed by atoms with Crippen molar-refractivity contribution in [3.05, 3.63) is 71.0 Å². The van der Waals surface area contributed by atoms with E-state index in [1.807, 2.05) is 12.1 Å². The molecule has 1 aromatic heterocycles. The monoisotopic (exact) mass is 489 g/mol. The number of nitrogens with zero attached hydrogens (tertiary/aromatic N) is 4. The number of methoxy groups -OCH3 is 1. The quantitative estimate of drug-likeness (QED) is 0.464. The summed E-state index contributed by atoms with van der Waals surface area (Å²) in [6, 6.07) is 15.5. The number of carbonyl (C=O) groups is 2. The SMILES string of the molecule is CCC(CCCN(C)C)c1ccc(N2CCc3c(C(N)=O)nn(-c4ccc(OC)cc4)c3C2=O)cc1. The Morgan fingerprint density at radius 1 is 1.11 bits per heavy atom. The molecule has 2 N–H and O–H groups in total. The zero-order valence-electron chi connectivity index (χ0n) is 21.5. The van der Waals surface area contributed by atoms with Crippen molar-refractivity contribution in [1.82, 2.24) is 14.7 Å². The molecule has 3 aromatic rings. The third-order valence-corrected chi connectivity index (χ3v) is 6.89. The summed E-state index contributed by atoms with van der Waals surface area (Å²) < 4.78 is 6.77. The Kier molecular flexibility index (Phi) is 7.74. The van der Waals surface area contributed by atoms with Gasteiger partial charge in [0.25, 0.3) is 11.8 Å². The summed E-state index contributed by atoms with van der Waals surface area (Å²) in [5.41, 5.74) is 9.52. The van der Waals surface area contributed by atoms with E-state index in [9.17, 15) is 9.59 Å². The van der Waals surface area contributed by atoms with Gasteiger partial charge in [0, 0.05) is 17.8 Å². The van der Waals surface area contributed by atoms with Crippen LogP contribution in [0.1, 0.15) is 64.2 Å². The zero-order chi connectivity index (χ0) is 25.8. The summed E-state index contributed by atoms with van der Waals surface area (Å²) in [7, 11) is 5.79. The molecule has 1 atom stereocenters. The van der Waals surface area contributed by atoms with Crippen molar-refractivity contribution in [2.45, 2.75) is 38.5 Å². The molecule has 190 valence electrons. The fourth-order valence-electron chi connectivity index (χ4n) is 4.90. The van der Waals surface area contributed by atoms with Gasteiger partial charge in [0.2, 0.25) is 0 Å². The minimum Gasteiger partial charge on any atom is -0.497 e. The first-order chi connectivity index (χ1) is 17.3. The highest BCUT2D eigenvalue weighted by Gasteiger charge is 2.34. The molecule has 1 aliphatic rings. The minimum atomic E-state index is -0.635. The summed E-state index contributed by atoms with van der Waals surface area (Å²) >= 11 is 0. The Morgan fingerprint density at radius 2 is 1.78 bits per heavy atom. The first-order valence-corrected chi connectivity index (χ1v) is 12.5. The molecule has 36 heavy (non-hydrogen) atoms. The molecule has 2 heterocycles. The fourth-order valence-corrected chi connectivity index (χ4v) is 4.90. The van der Waals surface area contributed by atoms with Crippen LogP contribution in [0, 0.1) is 0 Å². The van der Waals surface area contributed by atoms with E-state index in [0.717, 1.165) is 31.5 Å². The van der Waals surface area contributed by atoms with Crippen LogP contribution in [0.25, 0.3) is 5.69 Å². The Hall–Kier alpha value is -3.65. The van der Waals surface area contributed by atoms with Crippen molar-refractivity contribution in [2.75, 3.05) is 39.2 Å². The van der Waals surface area contributed by atoms with E-state index in [2.05, 4.69) is 43.2 Å². The second-order valence-corrected chi connectivity index (χ2v) is 9.50. The van der Waals surface area contributed by atoms with Crippen LogP contribution in [0.2, 0.25) is 0 Å². The highest BCUT2D eigenvalue weighted by molar-refractivity contribution is 6.09. The number of aromatic nitrogens is 2. The van der Waals surface area contributed by atoms with E-state index in [4.69, 9.17) is 10.5 Å². The van der Waals surface area contributed by atoms with Crippen molar-refractivity contribution < 1.29 is 14.3 Å². The summed E-state index contributed by atoms with van der Waals surface area (Å²) in [6.45, 7) is 3.76. The summed E-state index contributed by atoms with van der Waals surface area (Å²) in [4.78, 5) is 29.8. The van der Waals surface area contributed by atoms with Gasteiger partial charge < -0.3 is 20.3 Å². The van der Waals surface area contributed by atoms with Gasteiger partial charge in [0.05, 0.1) is 12.8 Å². The average Bonchev–Trinajstić information content (AvgIpc) is 3.28. The summed E-state index contributed by atoms with van der Waals surface area (Å²) in [6.07, 6.45) is 3.87. The Bertz CT molecular complexity index is 1220. The van der Waals surface area contributed by atoms with Crippen LogP contribution < -0.4 is 15.4 Å². The van der Waals surface area contributed by atoms with E-state index in [1.54, 1.807) is 36.3 Å². The summed E-state index contributed by atoms with van der Waals surface area (Å²) in [5.74, 6) is 0.356. The smallest absolute Gasteiger partial charge is 0.277 e. The van der Waals surface area contributed by atoms with Crippen LogP contribution in [-0.4, -0.2) is 60.8 Å². The van der Waals surface area contributed by atoms with Crippen molar-refractivity contribution in [2.24, 2.45) is 5.73 Å². The molecule has 0 bridgehead atoms. The number of primary amides is 1. The lowest BCUT2D eigenvalue weighted by Gasteiger charge is -2.28. The molecule has 8 heteroatoms. The van der Waals surface area contributed by atoms with Gasteiger partial charge >= 0.3 is 0 Å². The number of benzene rings is 2. The molecular weight excluding hydrogens is 454 g/mol. The van der Waals surface area contributed by atoms with E-state index in [0.29, 0.717) is 41.6 Å². The van der Waals surface area contributed by atoms with Crippen molar-refractivity contribution in [1.29, 1.82) is 0 Å². The lowest BCUT2D eigenvalue weighted by atomic mass is 9.91. The third kappa shape index (κ3) is 5.14. The van der Waals surface area contributed by atoms with E-state index < -0.39 is 5.91 Å². The maximum Gasteiger partial charge on any atom is 0.277 e. The van der Waals surface area contributed by atoms with Crippen LogP contribution in [0.5, 0.6) is 5.75 Å². The van der Waals surface area contributed by atoms with Crippen LogP contribution in [0.3, 0.4) is 0 Å². The molecule has 2 amide bonds.